The zero-order chi connectivity index (χ0) is 32.6. The van der Waals surface area contributed by atoms with Crippen LogP contribution in [0.5, 0.6) is 0 Å². The van der Waals surface area contributed by atoms with Crippen LogP contribution in [-0.4, -0.2) is 60.9 Å². The standard InChI is InChI=1S/C30H34ClF2N7O4S/c1-18(41)14-35-15-23(39-45(43,44)24-10-11-24)9-12-25-26(33)16-36-17-27(25)37-30(42)29(38-40-34)28(19-5-7-21(31)8-6-19)20-3-2-4-22(32)13-20/h2-8,13,16-18,23-24,28-29,35,39,41H,9-12,14-15H2,1H3,(H,37,42)/t18-,23+,28+,29?/m1/s1. The number of amides is 1. The van der Waals surface area contributed by atoms with Crippen LogP contribution in [0.1, 0.15) is 48.8 Å². The van der Waals surface area contributed by atoms with E-state index >= 15 is 4.39 Å². The van der Waals surface area contributed by atoms with Crippen molar-refractivity contribution in [2.45, 2.75) is 62.0 Å². The molecule has 1 unspecified atom stereocenters. The van der Waals surface area contributed by atoms with Gasteiger partial charge in [0.25, 0.3) is 0 Å². The van der Waals surface area contributed by atoms with E-state index in [1.807, 2.05) is 0 Å². The molecule has 240 valence electrons. The van der Waals surface area contributed by atoms with Crippen molar-refractivity contribution in [1.82, 2.24) is 15.0 Å². The number of pyridine rings is 1. The van der Waals surface area contributed by atoms with Crippen molar-refractivity contribution in [2.75, 3.05) is 18.4 Å². The van der Waals surface area contributed by atoms with Crippen LogP contribution in [0.15, 0.2) is 66.0 Å². The second-order valence-electron chi connectivity index (χ2n) is 11.0. The maximum atomic E-state index is 15.2. The molecule has 1 heterocycles. The molecule has 0 saturated heterocycles. The average molecular weight is 662 g/mol. The van der Waals surface area contributed by atoms with Crippen LogP contribution in [0.4, 0.5) is 14.5 Å². The summed E-state index contributed by atoms with van der Waals surface area (Å²) in [5.74, 6) is -3.01. The number of nitrogens with one attached hydrogen (secondary N) is 3. The third-order valence-corrected chi connectivity index (χ3v) is 9.59. The van der Waals surface area contributed by atoms with Crippen molar-refractivity contribution in [1.29, 1.82) is 0 Å². The number of carbonyl (C=O) groups is 1. The molecular weight excluding hydrogens is 628 g/mol. The van der Waals surface area contributed by atoms with Crippen LogP contribution in [0.3, 0.4) is 0 Å². The number of sulfonamides is 1. The fraction of sp³-hybridized carbons (Fsp3) is 0.400. The molecule has 1 fully saturated rings. The molecule has 4 rings (SSSR count). The Morgan fingerprint density at radius 2 is 1.89 bits per heavy atom. The average Bonchev–Trinajstić information content (AvgIpc) is 3.84. The van der Waals surface area contributed by atoms with E-state index in [1.165, 1.54) is 24.4 Å². The molecule has 15 heteroatoms. The summed E-state index contributed by atoms with van der Waals surface area (Å²) >= 11 is 6.06. The monoisotopic (exact) mass is 661 g/mol. The smallest absolute Gasteiger partial charge is 0.234 e. The highest BCUT2D eigenvalue weighted by Gasteiger charge is 2.37. The van der Waals surface area contributed by atoms with Gasteiger partial charge in [0, 0.05) is 40.5 Å². The van der Waals surface area contributed by atoms with Gasteiger partial charge in [-0.2, -0.15) is 0 Å². The molecule has 4 N–H and O–H groups in total. The molecule has 11 nitrogen and oxygen atoms in total. The van der Waals surface area contributed by atoms with Gasteiger partial charge in [-0.25, -0.2) is 21.9 Å². The van der Waals surface area contributed by atoms with Crippen LogP contribution in [-0.2, 0) is 21.2 Å². The first kappa shape index (κ1) is 34.2. The van der Waals surface area contributed by atoms with Crippen molar-refractivity contribution < 1.29 is 27.1 Å². The Morgan fingerprint density at radius 3 is 2.53 bits per heavy atom. The summed E-state index contributed by atoms with van der Waals surface area (Å²) in [6.07, 6.45) is 2.87. The van der Waals surface area contributed by atoms with E-state index in [-0.39, 0.29) is 37.2 Å². The number of aliphatic hydroxyl groups excluding tert-OH is 1. The lowest BCUT2D eigenvalue weighted by molar-refractivity contribution is -0.117. The first-order valence-electron chi connectivity index (χ1n) is 14.4. The quantitative estimate of drug-likeness (QED) is 0.0975. The van der Waals surface area contributed by atoms with Crippen molar-refractivity contribution in [2.24, 2.45) is 5.11 Å². The van der Waals surface area contributed by atoms with Crippen LogP contribution < -0.4 is 15.4 Å². The predicted molar refractivity (Wildman–Crippen MR) is 167 cm³/mol. The molecule has 0 aliphatic heterocycles. The van der Waals surface area contributed by atoms with Crippen LogP contribution in [0.2, 0.25) is 5.02 Å². The number of benzene rings is 2. The SMILES string of the molecule is C[C@@H](O)CNC[C@H](CCc1c(F)cncc1NC(=O)C(N=[N+]=[N-])[C@@H](c1ccc(Cl)cc1)c1cccc(F)c1)NS(=O)(=O)C1CC1. The fourth-order valence-electron chi connectivity index (χ4n) is 4.98. The molecule has 1 saturated carbocycles. The minimum Gasteiger partial charge on any atom is -0.392 e. The second-order valence-corrected chi connectivity index (χ2v) is 13.4. The van der Waals surface area contributed by atoms with E-state index in [2.05, 4.69) is 30.4 Å². The maximum Gasteiger partial charge on any atom is 0.234 e. The number of aromatic nitrogens is 1. The van der Waals surface area contributed by atoms with E-state index in [0.29, 0.717) is 29.0 Å². The minimum atomic E-state index is -3.58. The Balaban J connectivity index is 1.60. The number of hydrogen-bond acceptors (Lipinski definition) is 7. The third kappa shape index (κ3) is 9.67. The predicted octanol–water partition coefficient (Wildman–Crippen LogP) is 4.82. The molecule has 1 aliphatic carbocycles. The van der Waals surface area contributed by atoms with Crippen molar-refractivity contribution in [3.8, 4) is 0 Å². The van der Waals surface area contributed by atoms with Gasteiger partial charge >= 0.3 is 0 Å². The van der Waals surface area contributed by atoms with Crippen LogP contribution >= 0.6 is 11.6 Å². The first-order chi connectivity index (χ1) is 21.5. The summed E-state index contributed by atoms with van der Waals surface area (Å²) in [6, 6.07) is 9.92. The fourth-order valence-corrected chi connectivity index (χ4v) is 6.72. The van der Waals surface area contributed by atoms with Crippen molar-refractivity contribution in [3.05, 3.63) is 105 Å². The zero-order valence-corrected chi connectivity index (χ0v) is 26.0. The van der Waals surface area contributed by atoms with Gasteiger partial charge in [-0.3, -0.25) is 9.78 Å². The largest absolute Gasteiger partial charge is 0.392 e. The van der Waals surface area contributed by atoms with E-state index in [0.717, 1.165) is 6.20 Å². The number of halogens is 3. The Kier molecular flexibility index (Phi) is 11.8. The molecule has 0 radical (unpaired) electrons. The van der Waals surface area contributed by atoms with Gasteiger partial charge in [0.05, 0.1) is 29.4 Å². The van der Waals surface area contributed by atoms with Gasteiger partial charge in [0.2, 0.25) is 15.9 Å². The molecule has 2 aromatic carbocycles. The highest BCUT2D eigenvalue weighted by atomic mass is 35.5. The molecule has 45 heavy (non-hydrogen) atoms. The molecule has 1 aromatic heterocycles. The summed E-state index contributed by atoms with van der Waals surface area (Å²) in [7, 11) is -3.58. The van der Waals surface area contributed by atoms with Crippen LogP contribution in [0, 0.1) is 11.6 Å². The lowest BCUT2D eigenvalue weighted by Crippen LogP contribution is -2.44. The number of azide groups is 1. The van der Waals surface area contributed by atoms with Gasteiger partial charge in [-0.15, -0.1) is 0 Å². The number of anilines is 1. The molecule has 1 aliphatic rings. The molecular formula is C30H34ClF2N7O4S. The summed E-state index contributed by atoms with van der Waals surface area (Å²) < 4.78 is 57.5. The summed E-state index contributed by atoms with van der Waals surface area (Å²) in [5.41, 5.74) is 10.4. The topological polar surface area (TPSA) is 169 Å². The minimum absolute atomic E-state index is 0.00739. The summed E-state index contributed by atoms with van der Waals surface area (Å²) in [6.45, 7) is 2.00. The zero-order valence-electron chi connectivity index (χ0n) is 24.4. The first-order valence-corrected chi connectivity index (χ1v) is 16.3. The van der Waals surface area contributed by atoms with Gasteiger partial charge in [-0.1, -0.05) is 41.0 Å². The molecule has 0 bridgehead atoms. The lowest BCUT2D eigenvalue weighted by Gasteiger charge is -2.25. The van der Waals surface area contributed by atoms with E-state index in [4.69, 9.17) is 11.6 Å². The molecule has 3 aromatic rings. The van der Waals surface area contributed by atoms with Gasteiger partial charge in [0.1, 0.15) is 17.7 Å². The summed E-state index contributed by atoms with van der Waals surface area (Å²) in [5, 5.41) is 19.0. The van der Waals surface area contributed by atoms with Crippen molar-refractivity contribution >= 4 is 33.2 Å². The Hall–Kier alpha value is -3.65. The number of aliphatic hydroxyl groups is 1. The van der Waals surface area contributed by atoms with E-state index in [9.17, 15) is 28.2 Å². The third-order valence-electron chi connectivity index (χ3n) is 7.33. The highest BCUT2D eigenvalue weighted by molar-refractivity contribution is 7.90. The Labute approximate surface area is 265 Å². The number of carbonyl (C=O) groups excluding carboxylic acids is 1. The number of nitrogens with zero attached hydrogens (tertiary/aromatic N) is 4. The summed E-state index contributed by atoms with van der Waals surface area (Å²) in [4.78, 5) is 20.5. The number of rotatable bonds is 16. The Morgan fingerprint density at radius 1 is 1.16 bits per heavy atom. The Bertz CT molecular complexity index is 1640. The highest BCUT2D eigenvalue weighted by Crippen LogP contribution is 2.33. The van der Waals surface area contributed by atoms with Gasteiger partial charge in [0.15, 0.2) is 0 Å². The van der Waals surface area contributed by atoms with Crippen molar-refractivity contribution in [3.63, 3.8) is 0 Å². The van der Waals surface area contributed by atoms with Crippen LogP contribution in [0.25, 0.3) is 10.4 Å². The second kappa shape index (κ2) is 15.6. The number of hydrogen-bond donors (Lipinski definition) is 4. The van der Waals surface area contributed by atoms with Gasteiger partial charge < -0.3 is 15.7 Å². The molecule has 1 amide bonds. The molecule has 4 atom stereocenters. The van der Waals surface area contributed by atoms with E-state index in [1.54, 1.807) is 37.3 Å². The lowest BCUT2D eigenvalue weighted by atomic mass is 9.84. The molecule has 0 spiro atoms. The van der Waals surface area contributed by atoms with Gasteiger partial charge in [-0.05, 0) is 73.5 Å². The van der Waals surface area contributed by atoms with E-state index < -0.39 is 56.9 Å². The normalized spacial score (nSPS) is 15.8. The maximum absolute atomic E-state index is 15.2.